The fourth-order valence-electron chi connectivity index (χ4n) is 2.82. The first kappa shape index (κ1) is 22.6. The monoisotopic (exact) mass is 464 g/mol. The van der Waals surface area contributed by atoms with Crippen LogP contribution in [0.15, 0.2) is 5.03 Å². The van der Waals surface area contributed by atoms with Gasteiger partial charge in [0.1, 0.15) is 20.6 Å². The lowest BCUT2D eigenvalue weighted by Crippen LogP contribution is -2.14. The lowest BCUT2D eigenvalue weighted by atomic mass is 10.2. The van der Waals surface area contributed by atoms with Crippen molar-refractivity contribution in [3.63, 3.8) is 0 Å². The van der Waals surface area contributed by atoms with Gasteiger partial charge in [0.15, 0.2) is 5.13 Å². The van der Waals surface area contributed by atoms with Gasteiger partial charge >= 0.3 is 5.97 Å². The van der Waals surface area contributed by atoms with Crippen molar-refractivity contribution in [2.75, 3.05) is 17.7 Å². The Bertz CT molecular complexity index is 1090. The molecule has 0 spiro atoms. The van der Waals surface area contributed by atoms with Crippen LogP contribution in [-0.4, -0.2) is 39.2 Å². The van der Waals surface area contributed by atoms with Gasteiger partial charge in [0.05, 0.1) is 18.1 Å². The third kappa shape index (κ3) is 4.98. The zero-order chi connectivity index (χ0) is 21.8. The number of aromatic nitrogens is 3. The summed E-state index contributed by atoms with van der Waals surface area (Å²) in [4.78, 5) is 40.7. The van der Waals surface area contributed by atoms with Gasteiger partial charge in [-0.15, -0.1) is 11.3 Å². The number of thiazole rings is 1. The predicted molar refractivity (Wildman–Crippen MR) is 123 cm³/mol. The molecule has 0 radical (unpaired) electrons. The lowest BCUT2D eigenvalue weighted by Gasteiger charge is -2.06. The summed E-state index contributed by atoms with van der Waals surface area (Å²) >= 11 is 4.19. The quantitative estimate of drug-likeness (QED) is 0.287. The van der Waals surface area contributed by atoms with E-state index in [1.807, 2.05) is 0 Å². The summed E-state index contributed by atoms with van der Waals surface area (Å²) < 4.78 is 5.02. The standard InChI is InChI=1S/C20H24N4O3S3/c1-6-8-13-22-17(15-10(3)12(5)29-18(15)23-13)28-9-14(25)24-20-21-11(4)16(30-20)19(26)27-7-2/h6-9H2,1-5H3,(H,21,24,25). The Morgan fingerprint density at radius 3 is 2.57 bits per heavy atom. The summed E-state index contributed by atoms with van der Waals surface area (Å²) in [6.07, 6.45) is 1.77. The molecule has 0 bridgehead atoms. The van der Waals surface area contributed by atoms with E-state index in [0.29, 0.717) is 22.3 Å². The molecular weight excluding hydrogens is 440 g/mol. The minimum absolute atomic E-state index is 0.194. The molecule has 160 valence electrons. The van der Waals surface area contributed by atoms with Crippen LogP contribution in [0.4, 0.5) is 5.13 Å². The maximum Gasteiger partial charge on any atom is 0.350 e. The largest absolute Gasteiger partial charge is 0.462 e. The molecule has 0 fully saturated rings. The van der Waals surface area contributed by atoms with Crippen molar-refractivity contribution in [1.29, 1.82) is 0 Å². The minimum Gasteiger partial charge on any atom is -0.462 e. The second-order valence-electron chi connectivity index (χ2n) is 6.65. The van der Waals surface area contributed by atoms with E-state index < -0.39 is 5.97 Å². The number of carbonyl (C=O) groups is 2. The maximum absolute atomic E-state index is 12.5. The molecule has 0 saturated heterocycles. The number of anilines is 1. The van der Waals surface area contributed by atoms with Gasteiger partial charge < -0.3 is 10.1 Å². The first-order chi connectivity index (χ1) is 14.3. The van der Waals surface area contributed by atoms with Gasteiger partial charge in [-0.2, -0.15) is 0 Å². The summed E-state index contributed by atoms with van der Waals surface area (Å²) in [7, 11) is 0. The maximum atomic E-state index is 12.5. The molecule has 0 aliphatic rings. The zero-order valence-electron chi connectivity index (χ0n) is 17.6. The van der Waals surface area contributed by atoms with Crippen LogP contribution in [0.1, 0.15) is 51.9 Å². The molecule has 0 saturated carbocycles. The molecule has 1 N–H and O–H groups in total. The summed E-state index contributed by atoms with van der Waals surface area (Å²) in [5, 5.41) is 5.04. The molecule has 0 unspecified atom stereocenters. The molecule has 0 atom stereocenters. The Morgan fingerprint density at radius 2 is 1.87 bits per heavy atom. The average molecular weight is 465 g/mol. The highest BCUT2D eigenvalue weighted by atomic mass is 32.2. The van der Waals surface area contributed by atoms with E-state index in [2.05, 4.69) is 36.1 Å². The molecule has 3 rings (SSSR count). The number of ether oxygens (including phenoxy) is 1. The number of hydrogen-bond donors (Lipinski definition) is 1. The number of aryl methyl sites for hydroxylation is 4. The van der Waals surface area contributed by atoms with Crippen LogP contribution in [-0.2, 0) is 16.0 Å². The van der Waals surface area contributed by atoms with Crippen LogP contribution in [0, 0.1) is 20.8 Å². The second-order valence-corrected chi connectivity index (χ2v) is 9.82. The van der Waals surface area contributed by atoms with Crippen LogP contribution < -0.4 is 5.32 Å². The number of nitrogens with zero attached hydrogens (tertiary/aromatic N) is 3. The normalized spacial score (nSPS) is 11.1. The van der Waals surface area contributed by atoms with E-state index in [0.717, 1.165) is 50.8 Å². The van der Waals surface area contributed by atoms with E-state index in [4.69, 9.17) is 9.72 Å². The van der Waals surface area contributed by atoms with Crippen molar-refractivity contribution in [3.8, 4) is 0 Å². The Labute approximate surface area is 187 Å². The fourth-order valence-corrected chi connectivity index (χ4v) is 5.71. The summed E-state index contributed by atoms with van der Waals surface area (Å²) in [6.45, 7) is 10.0. The Hall–Kier alpha value is -2.04. The van der Waals surface area contributed by atoms with Crippen molar-refractivity contribution < 1.29 is 14.3 Å². The molecule has 3 aromatic heterocycles. The van der Waals surface area contributed by atoms with Crippen LogP contribution in [0.5, 0.6) is 0 Å². The Morgan fingerprint density at radius 1 is 1.10 bits per heavy atom. The molecule has 0 aliphatic carbocycles. The van der Waals surface area contributed by atoms with E-state index >= 15 is 0 Å². The molecule has 7 nitrogen and oxygen atoms in total. The van der Waals surface area contributed by atoms with Crippen molar-refractivity contribution >= 4 is 61.7 Å². The molecule has 0 aromatic carbocycles. The van der Waals surface area contributed by atoms with Crippen molar-refractivity contribution in [3.05, 3.63) is 26.8 Å². The van der Waals surface area contributed by atoms with Gasteiger partial charge in [0, 0.05) is 16.7 Å². The molecule has 0 aliphatic heterocycles. The highest BCUT2D eigenvalue weighted by molar-refractivity contribution is 8.00. The highest BCUT2D eigenvalue weighted by Crippen LogP contribution is 2.35. The van der Waals surface area contributed by atoms with Gasteiger partial charge in [-0.3, -0.25) is 4.79 Å². The van der Waals surface area contributed by atoms with Crippen LogP contribution in [0.25, 0.3) is 10.2 Å². The molecule has 3 aromatic rings. The number of amides is 1. The van der Waals surface area contributed by atoms with Crippen molar-refractivity contribution in [2.24, 2.45) is 0 Å². The molecular formula is C20H24N4O3S3. The molecule has 30 heavy (non-hydrogen) atoms. The highest BCUT2D eigenvalue weighted by Gasteiger charge is 2.19. The smallest absolute Gasteiger partial charge is 0.350 e. The second kappa shape index (κ2) is 9.84. The Balaban J connectivity index is 1.74. The predicted octanol–water partition coefficient (Wildman–Crippen LogP) is 4.93. The lowest BCUT2D eigenvalue weighted by molar-refractivity contribution is -0.113. The van der Waals surface area contributed by atoms with Gasteiger partial charge in [0.2, 0.25) is 5.91 Å². The summed E-state index contributed by atoms with van der Waals surface area (Å²) in [5.41, 5.74) is 1.71. The number of nitrogens with one attached hydrogen (secondary N) is 1. The zero-order valence-corrected chi connectivity index (χ0v) is 20.1. The van der Waals surface area contributed by atoms with Crippen molar-refractivity contribution in [1.82, 2.24) is 15.0 Å². The minimum atomic E-state index is -0.419. The number of esters is 1. The van der Waals surface area contributed by atoms with Crippen LogP contribution in [0.3, 0.4) is 0 Å². The van der Waals surface area contributed by atoms with Crippen molar-refractivity contribution in [2.45, 2.75) is 52.5 Å². The first-order valence-corrected chi connectivity index (χ1v) is 12.3. The number of hydrogen-bond acceptors (Lipinski definition) is 9. The van der Waals surface area contributed by atoms with E-state index in [1.54, 1.807) is 25.2 Å². The summed E-state index contributed by atoms with van der Waals surface area (Å²) in [6, 6.07) is 0. The summed E-state index contributed by atoms with van der Waals surface area (Å²) in [5.74, 6) is 0.387. The van der Waals surface area contributed by atoms with Gasteiger partial charge in [-0.1, -0.05) is 30.0 Å². The number of carbonyl (C=O) groups excluding carboxylic acids is 2. The molecule has 3 heterocycles. The van der Waals surface area contributed by atoms with Gasteiger partial charge in [0.25, 0.3) is 0 Å². The third-order valence-electron chi connectivity index (χ3n) is 4.36. The number of thiophene rings is 1. The fraction of sp³-hybridized carbons (Fsp3) is 0.450. The van der Waals surface area contributed by atoms with Crippen LogP contribution in [0.2, 0.25) is 0 Å². The van der Waals surface area contributed by atoms with E-state index in [9.17, 15) is 9.59 Å². The SMILES string of the molecule is CCCc1nc(SCC(=O)Nc2nc(C)c(C(=O)OCC)s2)c2c(C)c(C)sc2n1. The number of fused-ring (bicyclic) bond motifs is 1. The molecule has 1 amide bonds. The van der Waals surface area contributed by atoms with Gasteiger partial charge in [-0.25, -0.2) is 19.7 Å². The topological polar surface area (TPSA) is 94.1 Å². The number of thioether (sulfide) groups is 1. The van der Waals surface area contributed by atoms with E-state index in [-0.39, 0.29) is 11.7 Å². The molecule has 10 heteroatoms. The Kier molecular flexibility index (Phi) is 7.43. The average Bonchev–Trinajstić information content (AvgIpc) is 3.19. The van der Waals surface area contributed by atoms with Gasteiger partial charge in [-0.05, 0) is 39.7 Å². The van der Waals surface area contributed by atoms with E-state index in [1.165, 1.54) is 16.6 Å². The van der Waals surface area contributed by atoms with Crippen LogP contribution >= 0.6 is 34.4 Å². The first-order valence-electron chi connectivity index (χ1n) is 9.67. The number of rotatable bonds is 8. The third-order valence-corrected chi connectivity index (χ3v) is 7.49.